The van der Waals surface area contributed by atoms with Crippen molar-refractivity contribution in [1.82, 2.24) is 10.3 Å². The maximum atomic E-state index is 11.8. The number of amides is 1. The van der Waals surface area contributed by atoms with Crippen molar-refractivity contribution >= 4 is 15.9 Å². The van der Waals surface area contributed by atoms with E-state index in [9.17, 15) is 13.2 Å². The van der Waals surface area contributed by atoms with Crippen LogP contribution in [0.15, 0.2) is 18.5 Å². The Morgan fingerprint density at radius 3 is 2.85 bits per heavy atom. The van der Waals surface area contributed by atoms with Gasteiger partial charge in [-0.25, -0.2) is 13.6 Å². The van der Waals surface area contributed by atoms with Crippen molar-refractivity contribution in [3.05, 3.63) is 29.6 Å². The Hall–Kier alpha value is -1.95. The quantitative estimate of drug-likeness (QED) is 0.467. The first-order valence-corrected chi connectivity index (χ1v) is 7.47. The van der Waals surface area contributed by atoms with Gasteiger partial charge in [0.1, 0.15) is 6.61 Å². The summed E-state index contributed by atoms with van der Waals surface area (Å²) in [5.41, 5.74) is 0.821. The second-order valence-electron chi connectivity index (χ2n) is 3.90. The lowest BCUT2D eigenvalue weighted by Gasteiger charge is -2.04. The van der Waals surface area contributed by atoms with Gasteiger partial charge in [0.25, 0.3) is 5.91 Å². The van der Waals surface area contributed by atoms with Gasteiger partial charge in [-0.15, -0.1) is 0 Å². The first kappa shape index (κ1) is 16.1. The van der Waals surface area contributed by atoms with Gasteiger partial charge < -0.3 is 10.4 Å². The number of nitrogens with two attached hydrogens (primary N) is 1. The summed E-state index contributed by atoms with van der Waals surface area (Å²) in [7, 11) is -3.51. The summed E-state index contributed by atoms with van der Waals surface area (Å²) in [4.78, 5) is 15.6. The molecule has 0 spiro atoms. The minimum absolute atomic E-state index is 0.187. The van der Waals surface area contributed by atoms with Crippen LogP contribution >= 0.6 is 0 Å². The molecule has 0 unspecified atom stereocenters. The molecule has 0 radical (unpaired) electrons. The topological polar surface area (TPSA) is 122 Å². The third-order valence-electron chi connectivity index (χ3n) is 2.20. The van der Waals surface area contributed by atoms with Crippen LogP contribution in [0, 0.1) is 11.8 Å². The molecule has 8 heteroatoms. The van der Waals surface area contributed by atoms with E-state index >= 15 is 0 Å². The van der Waals surface area contributed by atoms with Gasteiger partial charge in [0.15, 0.2) is 0 Å². The first-order valence-electron chi connectivity index (χ1n) is 5.76. The number of hydrogen-bond donors (Lipinski definition) is 3. The zero-order valence-electron chi connectivity index (χ0n) is 10.7. The van der Waals surface area contributed by atoms with Gasteiger partial charge in [-0.3, -0.25) is 9.78 Å². The summed E-state index contributed by atoms with van der Waals surface area (Å²) in [5, 5.41) is 16.0. The number of carbonyl (C=O) groups is 1. The molecule has 108 valence electrons. The fourth-order valence-electron chi connectivity index (χ4n) is 1.35. The molecule has 0 saturated carbocycles. The molecule has 0 atom stereocenters. The van der Waals surface area contributed by atoms with E-state index in [1.165, 1.54) is 18.5 Å². The van der Waals surface area contributed by atoms with Crippen LogP contribution in [-0.4, -0.2) is 43.3 Å². The molecule has 20 heavy (non-hydrogen) atoms. The number of carbonyl (C=O) groups excluding carboxylic acids is 1. The fourth-order valence-corrected chi connectivity index (χ4v) is 1.90. The number of rotatable bonds is 5. The molecule has 0 aliphatic heterocycles. The minimum Gasteiger partial charge on any atom is -0.384 e. The van der Waals surface area contributed by atoms with Crippen LogP contribution in [0.1, 0.15) is 22.3 Å². The highest BCUT2D eigenvalue weighted by atomic mass is 32.2. The lowest BCUT2D eigenvalue weighted by atomic mass is 10.2. The van der Waals surface area contributed by atoms with Crippen LogP contribution in [0.5, 0.6) is 0 Å². The highest BCUT2D eigenvalue weighted by Gasteiger charge is 2.07. The average molecular weight is 297 g/mol. The summed E-state index contributed by atoms with van der Waals surface area (Å²) in [6, 6.07) is 1.53. The molecule has 1 aromatic heterocycles. The third-order valence-corrected chi connectivity index (χ3v) is 3.06. The molecule has 7 nitrogen and oxygen atoms in total. The van der Waals surface area contributed by atoms with E-state index in [0.29, 0.717) is 11.1 Å². The molecule has 1 amide bonds. The van der Waals surface area contributed by atoms with Gasteiger partial charge in [0, 0.05) is 24.5 Å². The Kier molecular flexibility index (Phi) is 6.11. The highest BCUT2D eigenvalue weighted by molar-refractivity contribution is 7.89. The van der Waals surface area contributed by atoms with Crippen LogP contribution in [0.2, 0.25) is 0 Å². The molecule has 1 rings (SSSR count). The molecule has 0 bridgehead atoms. The van der Waals surface area contributed by atoms with Crippen molar-refractivity contribution in [1.29, 1.82) is 0 Å². The van der Waals surface area contributed by atoms with Crippen molar-refractivity contribution in [3.8, 4) is 11.8 Å². The number of aromatic nitrogens is 1. The molecular weight excluding hydrogens is 282 g/mol. The Morgan fingerprint density at radius 2 is 2.20 bits per heavy atom. The second kappa shape index (κ2) is 7.59. The lowest BCUT2D eigenvalue weighted by Crippen LogP contribution is -2.27. The maximum Gasteiger partial charge on any atom is 0.252 e. The maximum absolute atomic E-state index is 11.8. The van der Waals surface area contributed by atoms with E-state index in [0.717, 1.165) is 0 Å². The Bertz CT molecular complexity index is 632. The molecule has 0 fully saturated rings. The van der Waals surface area contributed by atoms with Crippen LogP contribution in [-0.2, 0) is 10.0 Å². The van der Waals surface area contributed by atoms with Crippen molar-refractivity contribution < 1.29 is 18.3 Å². The van der Waals surface area contributed by atoms with E-state index in [1.54, 1.807) is 0 Å². The highest BCUT2D eigenvalue weighted by Crippen LogP contribution is 2.01. The summed E-state index contributed by atoms with van der Waals surface area (Å²) >= 11 is 0. The van der Waals surface area contributed by atoms with Crippen LogP contribution in [0.4, 0.5) is 0 Å². The van der Waals surface area contributed by atoms with Crippen molar-refractivity contribution in [3.63, 3.8) is 0 Å². The van der Waals surface area contributed by atoms with E-state index < -0.39 is 10.0 Å². The van der Waals surface area contributed by atoms with Crippen LogP contribution in [0.3, 0.4) is 0 Å². The number of aliphatic hydroxyl groups is 1. The number of primary sulfonamides is 1. The van der Waals surface area contributed by atoms with Gasteiger partial charge in [-0.1, -0.05) is 11.8 Å². The third kappa shape index (κ3) is 6.29. The largest absolute Gasteiger partial charge is 0.384 e. The average Bonchev–Trinajstić information content (AvgIpc) is 2.40. The fraction of sp³-hybridized carbons (Fsp3) is 0.333. The summed E-state index contributed by atoms with van der Waals surface area (Å²) < 4.78 is 21.4. The SMILES string of the molecule is NS(=O)(=O)CCCNC(=O)c1cncc(C#CCO)c1. The number of pyridine rings is 1. The molecule has 0 aliphatic rings. The Balaban J connectivity index is 2.55. The van der Waals surface area contributed by atoms with Gasteiger partial charge >= 0.3 is 0 Å². The van der Waals surface area contributed by atoms with Crippen molar-refractivity contribution in [2.75, 3.05) is 18.9 Å². The van der Waals surface area contributed by atoms with Crippen molar-refractivity contribution in [2.45, 2.75) is 6.42 Å². The van der Waals surface area contributed by atoms with E-state index in [-0.39, 0.29) is 31.2 Å². The monoisotopic (exact) mass is 297 g/mol. The zero-order chi connectivity index (χ0) is 15.0. The molecule has 4 N–H and O–H groups in total. The zero-order valence-corrected chi connectivity index (χ0v) is 11.5. The number of nitrogens with zero attached hydrogens (tertiary/aromatic N) is 1. The molecule has 1 heterocycles. The van der Waals surface area contributed by atoms with E-state index in [1.807, 2.05) is 0 Å². The van der Waals surface area contributed by atoms with Crippen molar-refractivity contribution in [2.24, 2.45) is 5.14 Å². The number of hydrogen-bond acceptors (Lipinski definition) is 5. The predicted molar refractivity (Wildman–Crippen MR) is 73.1 cm³/mol. The summed E-state index contributed by atoms with van der Waals surface area (Å²) in [6.45, 7) is -0.0776. The summed E-state index contributed by atoms with van der Waals surface area (Å²) in [5.74, 6) is 4.53. The van der Waals surface area contributed by atoms with Gasteiger partial charge in [-0.05, 0) is 12.5 Å². The van der Waals surface area contributed by atoms with Gasteiger partial charge in [-0.2, -0.15) is 0 Å². The van der Waals surface area contributed by atoms with Crippen LogP contribution in [0.25, 0.3) is 0 Å². The Morgan fingerprint density at radius 1 is 1.45 bits per heavy atom. The minimum atomic E-state index is -3.51. The normalized spacial score (nSPS) is 10.5. The molecule has 0 aromatic carbocycles. The number of sulfonamides is 1. The Labute approximate surface area is 117 Å². The molecule has 1 aromatic rings. The molecule has 0 saturated heterocycles. The standard InChI is InChI=1S/C12H15N3O4S/c13-20(18,19)6-2-4-15-12(17)11-7-10(3-1-5-16)8-14-9-11/h7-9,16H,2,4-6H2,(H,15,17)(H2,13,18,19). The lowest BCUT2D eigenvalue weighted by molar-refractivity contribution is 0.0953. The van der Waals surface area contributed by atoms with Gasteiger partial charge in [0.05, 0.1) is 11.3 Å². The smallest absolute Gasteiger partial charge is 0.252 e. The van der Waals surface area contributed by atoms with Gasteiger partial charge in [0.2, 0.25) is 10.0 Å². The first-order chi connectivity index (χ1) is 9.42. The second-order valence-corrected chi connectivity index (χ2v) is 5.63. The number of nitrogens with one attached hydrogen (secondary N) is 1. The summed E-state index contributed by atoms with van der Waals surface area (Å²) in [6.07, 6.45) is 3.08. The molecular formula is C12H15N3O4S. The van der Waals surface area contributed by atoms with E-state index in [2.05, 4.69) is 22.1 Å². The predicted octanol–water partition coefficient (Wildman–Crippen LogP) is -1.17. The molecule has 0 aliphatic carbocycles. The van der Waals surface area contributed by atoms with E-state index in [4.69, 9.17) is 10.2 Å². The number of aliphatic hydroxyl groups excluding tert-OH is 1. The van der Waals surface area contributed by atoms with Crippen LogP contribution < -0.4 is 10.5 Å².